The Morgan fingerprint density at radius 1 is 1.31 bits per heavy atom. The molecule has 0 atom stereocenters. The number of nitrogens with zero attached hydrogens (tertiary/aromatic N) is 4. The summed E-state index contributed by atoms with van der Waals surface area (Å²) in [5.41, 5.74) is 2.58. The van der Waals surface area contributed by atoms with E-state index in [2.05, 4.69) is 25.5 Å². The van der Waals surface area contributed by atoms with Crippen LogP contribution >= 0.6 is 0 Å². The molecule has 0 unspecified atom stereocenters. The zero-order chi connectivity index (χ0) is 20.6. The van der Waals surface area contributed by atoms with Crippen LogP contribution in [0.4, 0.5) is 0 Å². The van der Waals surface area contributed by atoms with Gasteiger partial charge in [0, 0.05) is 18.4 Å². The molecule has 4 rings (SSSR count). The van der Waals surface area contributed by atoms with Crippen molar-refractivity contribution >= 4 is 5.65 Å². The minimum atomic E-state index is -0.212. The molecule has 4 heterocycles. The van der Waals surface area contributed by atoms with Gasteiger partial charge in [-0.3, -0.25) is 4.79 Å². The number of fused-ring (bicyclic) bond motifs is 1. The molecule has 9 heteroatoms. The van der Waals surface area contributed by atoms with E-state index in [1.54, 1.807) is 6.07 Å². The second kappa shape index (κ2) is 7.72. The van der Waals surface area contributed by atoms with Crippen molar-refractivity contribution in [3.8, 4) is 11.5 Å². The molecule has 0 saturated carbocycles. The van der Waals surface area contributed by atoms with E-state index in [9.17, 15) is 4.79 Å². The number of aromatic nitrogens is 5. The van der Waals surface area contributed by atoms with Crippen molar-refractivity contribution in [1.29, 1.82) is 0 Å². The molecular formula is C20H28N6O3. The van der Waals surface area contributed by atoms with Gasteiger partial charge in [-0.2, -0.15) is 10.1 Å². The van der Waals surface area contributed by atoms with E-state index in [1.165, 1.54) is 0 Å². The average molecular weight is 400 g/mol. The highest BCUT2D eigenvalue weighted by atomic mass is 16.5. The molecule has 1 aliphatic heterocycles. The fourth-order valence-corrected chi connectivity index (χ4v) is 3.75. The largest absolute Gasteiger partial charge is 0.375 e. The number of rotatable bonds is 5. The van der Waals surface area contributed by atoms with Crippen molar-refractivity contribution in [3.63, 3.8) is 0 Å². The molecule has 1 saturated heterocycles. The van der Waals surface area contributed by atoms with E-state index in [4.69, 9.17) is 9.26 Å². The maximum Gasteiger partial charge on any atom is 0.263 e. The summed E-state index contributed by atoms with van der Waals surface area (Å²) in [6, 6.07) is 1.66. The van der Waals surface area contributed by atoms with Crippen molar-refractivity contribution < 1.29 is 9.26 Å². The van der Waals surface area contributed by atoms with Crippen molar-refractivity contribution in [2.75, 3.05) is 19.7 Å². The first-order valence-electron chi connectivity index (χ1n) is 10.1. The van der Waals surface area contributed by atoms with E-state index < -0.39 is 0 Å². The molecule has 2 N–H and O–H groups in total. The molecular weight excluding hydrogens is 372 g/mol. The van der Waals surface area contributed by atoms with Crippen LogP contribution in [0.25, 0.3) is 17.1 Å². The number of aryl methyl sites for hydroxylation is 1. The topological polar surface area (TPSA) is 110 Å². The summed E-state index contributed by atoms with van der Waals surface area (Å²) in [7, 11) is 0. The average Bonchev–Trinajstić information content (AvgIpc) is 3.24. The number of piperidine rings is 1. The lowest BCUT2D eigenvalue weighted by molar-refractivity contribution is -0.00173. The van der Waals surface area contributed by atoms with Crippen molar-refractivity contribution in [2.24, 2.45) is 0 Å². The molecule has 3 aromatic heterocycles. The second-order valence-corrected chi connectivity index (χ2v) is 8.53. The Morgan fingerprint density at radius 2 is 2.07 bits per heavy atom. The van der Waals surface area contributed by atoms with Crippen LogP contribution in [0.3, 0.4) is 0 Å². The first-order chi connectivity index (χ1) is 13.8. The molecule has 0 amide bonds. The maximum atomic E-state index is 12.4. The quantitative estimate of drug-likeness (QED) is 0.675. The molecule has 0 aromatic carbocycles. The molecule has 0 aliphatic carbocycles. The van der Waals surface area contributed by atoms with E-state index >= 15 is 0 Å². The van der Waals surface area contributed by atoms with Gasteiger partial charge in [0.25, 0.3) is 11.4 Å². The van der Waals surface area contributed by atoms with Crippen LogP contribution in [-0.4, -0.2) is 50.0 Å². The molecule has 156 valence electrons. The Bertz CT molecular complexity index is 1050. The lowest BCUT2D eigenvalue weighted by Gasteiger charge is -2.23. The molecule has 9 nitrogen and oxygen atoms in total. The summed E-state index contributed by atoms with van der Waals surface area (Å²) in [5.74, 6) is 1.22. The van der Waals surface area contributed by atoms with Crippen molar-refractivity contribution in [3.05, 3.63) is 33.6 Å². The highest BCUT2D eigenvalue weighted by molar-refractivity contribution is 5.74. The van der Waals surface area contributed by atoms with Crippen LogP contribution in [0.5, 0.6) is 0 Å². The third-order valence-corrected chi connectivity index (χ3v) is 5.13. The number of hydrogen-bond donors (Lipinski definition) is 2. The van der Waals surface area contributed by atoms with Gasteiger partial charge in [-0.25, -0.2) is 4.52 Å². The zero-order valence-corrected chi connectivity index (χ0v) is 17.4. The zero-order valence-electron chi connectivity index (χ0n) is 17.4. The Hall–Kier alpha value is -2.52. The van der Waals surface area contributed by atoms with Gasteiger partial charge >= 0.3 is 0 Å². The number of ether oxygens (including phenoxy) is 1. The van der Waals surface area contributed by atoms with Gasteiger partial charge in [-0.05, 0) is 53.6 Å². The standard InChI is InChI=1S/C20H28N6O3/c1-12-17(19-22-15(25-29-19)7-10-28-20(2,3)4)18-23-16(27)11-14(26(18)24-12)13-5-8-21-9-6-13/h11,13,21H,5-10H2,1-4H3,(H,23,27). The summed E-state index contributed by atoms with van der Waals surface area (Å²) >= 11 is 0. The van der Waals surface area contributed by atoms with Gasteiger partial charge in [0.2, 0.25) is 0 Å². The Labute approximate surface area is 168 Å². The summed E-state index contributed by atoms with van der Waals surface area (Å²) in [5, 5.41) is 12.1. The summed E-state index contributed by atoms with van der Waals surface area (Å²) in [4.78, 5) is 19.8. The highest BCUT2D eigenvalue weighted by Gasteiger charge is 2.24. The molecule has 0 spiro atoms. The third-order valence-electron chi connectivity index (χ3n) is 5.13. The smallest absolute Gasteiger partial charge is 0.263 e. The van der Waals surface area contributed by atoms with Gasteiger partial charge in [-0.1, -0.05) is 5.16 Å². The maximum absolute atomic E-state index is 12.4. The van der Waals surface area contributed by atoms with Crippen LogP contribution in [0.1, 0.15) is 56.7 Å². The lowest BCUT2D eigenvalue weighted by atomic mass is 9.94. The third kappa shape index (κ3) is 4.25. The number of aromatic amines is 1. The van der Waals surface area contributed by atoms with Crippen molar-refractivity contribution in [1.82, 2.24) is 30.1 Å². The van der Waals surface area contributed by atoms with Crippen LogP contribution < -0.4 is 10.9 Å². The fraction of sp³-hybridized carbons (Fsp3) is 0.600. The Morgan fingerprint density at radius 3 is 2.79 bits per heavy atom. The molecule has 29 heavy (non-hydrogen) atoms. The second-order valence-electron chi connectivity index (χ2n) is 8.53. The predicted octanol–water partition coefficient (Wildman–Crippen LogP) is 2.21. The molecule has 1 fully saturated rings. The van der Waals surface area contributed by atoms with E-state index in [-0.39, 0.29) is 11.2 Å². The Kier molecular flexibility index (Phi) is 5.26. The SMILES string of the molecule is Cc1nn2c(C3CCNCC3)cc(=O)[nH]c2c1-c1nc(CCOC(C)(C)C)no1. The minimum absolute atomic E-state index is 0.148. The van der Waals surface area contributed by atoms with Gasteiger partial charge in [0.1, 0.15) is 11.2 Å². The summed E-state index contributed by atoms with van der Waals surface area (Å²) in [6.07, 6.45) is 2.51. The number of hydrogen-bond acceptors (Lipinski definition) is 7. The Balaban J connectivity index is 1.67. The van der Waals surface area contributed by atoms with Crippen LogP contribution in [0, 0.1) is 6.92 Å². The van der Waals surface area contributed by atoms with Crippen LogP contribution in [0.2, 0.25) is 0 Å². The molecule has 3 aromatic rings. The fourth-order valence-electron chi connectivity index (χ4n) is 3.75. The summed E-state index contributed by atoms with van der Waals surface area (Å²) < 4.78 is 13.1. The highest BCUT2D eigenvalue weighted by Crippen LogP contribution is 2.29. The van der Waals surface area contributed by atoms with Gasteiger partial charge in [0.15, 0.2) is 5.82 Å². The first-order valence-corrected chi connectivity index (χ1v) is 10.1. The number of H-pyrrole nitrogens is 1. The van der Waals surface area contributed by atoms with E-state index in [1.807, 2.05) is 32.2 Å². The monoisotopic (exact) mass is 400 g/mol. The summed E-state index contributed by atoms with van der Waals surface area (Å²) in [6.45, 7) is 10.3. The minimum Gasteiger partial charge on any atom is -0.375 e. The first kappa shape index (κ1) is 19.8. The lowest BCUT2D eigenvalue weighted by Crippen LogP contribution is -2.28. The molecule has 1 aliphatic rings. The van der Waals surface area contributed by atoms with Crippen molar-refractivity contribution in [2.45, 2.75) is 58.5 Å². The van der Waals surface area contributed by atoms with E-state index in [0.29, 0.717) is 41.9 Å². The molecule has 0 bridgehead atoms. The van der Waals surface area contributed by atoms with Crippen LogP contribution in [-0.2, 0) is 11.2 Å². The molecule has 0 radical (unpaired) electrons. The van der Waals surface area contributed by atoms with Gasteiger partial charge < -0.3 is 19.6 Å². The predicted molar refractivity (Wildman–Crippen MR) is 108 cm³/mol. The normalized spacial score (nSPS) is 16.0. The van der Waals surface area contributed by atoms with E-state index in [0.717, 1.165) is 37.3 Å². The number of nitrogens with one attached hydrogen (secondary N) is 2. The van der Waals surface area contributed by atoms with Gasteiger partial charge in [0.05, 0.1) is 23.6 Å². The van der Waals surface area contributed by atoms with Crippen LogP contribution in [0.15, 0.2) is 15.4 Å². The van der Waals surface area contributed by atoms with Gasteiger partial charge in [-0.15, -0.1) is 0 Å².